The predicted molar refractivity (Wildman–Crippen MR) is 152 cm³/mol. The lowest BCUT2D eigenvalue weighted by molar-refractivity contribution is -0.192. The first-order chi connectivity index (χ1) is 19.3. The van der Waals surface area contributed by atoms with E-state index in [9.17, 15) is 19.2 Å². The number of hydrogen-bond donors (Lipinski definition) is 2. The third-order valence-corrected chi connectivity index (χ3v) is 9.53. The van der Waals surface area contributed by atoms with Gasteiger partial charge in [-0.15, -0.1) is 0 Å². The molecule has 2 saturated carbocycles. The van der Waals surface area contributed by atoms with Gasteiger partial charge in [0.25, 0.3) is 5.91 Å². The number of hydrazine groups is 1. The first kappa shape index (κ1) is 30.8. The Bertz CT molecular complexity index is 1250. The van der Waals surface area contributed by atoms with Crippen LogP contribution in [0.5, 0.6) is 0 Å². The number of benzene rings is 1. The van der Waals surface area contributed by atoms with Crippen LogP contribution in [-0.2, 0) is 28.6 Å². The predicted octanol–water partition coefficient (Wildman–Crippen LogP) is 4.70. The summed E-state index contributed by atoms with van der Waals surface area (Å²) < 4.78 is 16.6. The second-order valence-corrected chi connectivity index (χ2v) is 12.3. The van der Waals surface area contributed by atoms with Crippen LogP contribution in [0.15, 0.2) is 48.1 Å². The molecule has 222 valence electrons. The van der Waals surface area contributed by atoms with E-state index in [0.29, 0.717) is 29.0 Å². The molecule has 0 saturated heterocycles. The highest BCUT2D eigenvalue weighted by Crippen LogP contribution is 2.62. The zero-order chi connectivity index (χ0) is 29.9. The lowest BCUT2D eigenvalue weighted by atomic mass is 9.46. The molecule has 2 N–H and O–H groups in total. The highest BCUT2D eigenvalue weighted by atomic mass is 35.5. The smallest absolute Gasteiger partial charge is 0.335 e. The maximum absolute atomic E-state index is 12.9. The molecular weight excluding hydrogens is 548 g/mol. The number of carbonyl (C=O) groups excluding carboxylic acids is 4. The fraction of sp³-hybridized carbons (Fsp3) is 0.548. The van der Waals surface area contributed by atoms with Crippen LogP contribution >= 0.6 is 11.6 Å². The van der Waals surface area contributed by atoms with Gasteiger partial charge < -0.3 is 14.2 Å². The van der Waals surface area contributed by atoms with Crippen molar-refractivity contribution in [2.75, 3.05) is 13.2 Å². The number of rotatable bonds is 9. The summed E-state index contributed by atoms with van der Waals surface area (Å²) in [5.41, 5.74) is 6.88. The number of halogens is 1. The average molecular weight is 587 g/mol. The van der Waals surface area contributed by atoms with Gasteiger partial charge in [-0.05, 0) is 79.7 Å². The molecule has 0 spiro atoms. The summed E-state index contributed by atoms with van der Waals surface area (Å²) in [5.74, 6) is -1.54. The molecule has 1 amide bonds. The van der Waals surface area contributed by atoms with E-state index in [-0.39, 0.29) is 48.3 Å². The van der Waals surface area contributed by atoms with Crippen molar-refractivity contribution in [1.29, 1.82) is 0 Å². The van der Waals surface area contributed by atoms with Crippen molar-refractivity contribution in [3.63, 3.8) is 0 Å². The lowest BCUT2D eigenvalue weighted by Crippen LogP contribution is -2.59. The summed E-state index contributed by atoms with van der Waals surface area (Å²) in [5, 5.41) is 0.522. The zero-order valence-electron chi connectivity index (χ0n) is 24.1. The molecular formula is C31H39ClN2O7. The quantitative estimate of drug-likeness (QED) is 0.185. The topological polar surface area (TPSA) is 120 Å². The Morgan fingerprint density at radius 3 is 2.46 bits per heavy atom. The van der Waals surface area contributed by atoms with E-state index < -0.39 is 23.5 Å². The molecule has 1 heterocycles. The van der Waals surface area contributed by atoms with E-state index in [2.05, 4.69) is 24.4 Å². The molecule has 1 aromatic rings. The average Bonchev–Trinajstić information content (AvgIpc) is 3.34. The second kappa shape index (κ2) is 12.4. The van der Waals surface area contributed by atoms with Crippen LogP contribution in [0.1, 0.15) is 70.2 Å². The Morgan fingerprint density at radius 2 is 1.85 bits per heavy atom. The summed E-state index contributed by atoms with van der Waals surface area (Å²) >= 11 is 5.96. The largest absolute Gasteiger partial charge is 0.465 e. The van der Waals surface area contributed by atoms with Gasteiger partial charge >= 0.3 is 17.9 Å². The normalized spacial score (nSPS) is 30.0. The Kier molecular flexibility index (Phi) is 9.29. The third-order valence-electron chi connectivity index (χ3n) is 9.28. The standard InChI is InChI=1S/C31H39ClN2O7/c1-18-6-11-26-30(4,14-12-27(41-20(3)36)31(26,5)17-40-19(2)35)24(18)16-25(23-13-15-39-29(23)38)33-34-28(37)21-7-9-22(32)10-8-21/h7-10,13,24-27,33H,1,6,11-12,14-17H2,2-5H3,(H,34,37)/t24-,25+,26+,27-,30+,31+/m1/s1. The summed E-state index contributed by atoms with van der Waals surface area (Å²) in [7, 11) is 0. The molecule has 2 fully saturated rings. The molecule has 1 aliphatic heterocycles. The van der Waals surface area contributed by atoms with Crippen LogP contribution in [-0.4, -0.2) is 49.2 Å². The van der Waals surface area contributed by atoms with Gasteiger partial charge in [0, 0.05) is 29.8 Å². The minimum atomic E-state index is -0.611. The van der Waals surface area contributed by atoms with Crippen LogP contribution < -0.4 is 10.9 Å². The number of fused-ring (bicyclic) bond motifs is 1. The number of nitrogens with one attached hydrogen (secondary N) is 2. The molecule has 0 aromatic heterocycles. The van der Waals surface area contributed by atoms with Gasteiger partial charge in [-0.25, -0.2) is 10.2 Å². The van der Waals surface area contributed by atoms with E-state index >= 15 is 0 Å². The van der Waals surface area contributed by atoms with E-state index in [0.717, 1.165) is 24.8 Å². The zero-order valence-corrected chi connectivity index (χ0v) is 24.8. The number of ether oxygens (including phenoxy) is 3. The third kappa shape index (κ3) is 6.51. The number of carbonyl (C=O) groups is 4. The molecule has 2 aliphatic carbocycles. The molecule has 4 rings (SSSR count). The number of cyclic esters (lactones) is 1. The number of allylic oxidation sites excluding steroid dienone is 1. The summed E-state index contributed by atoms with van der Waals surface area (Å²) in [6, 6.07) is 5.98. The van der Waals surface area contributed by atoms with Crippen LogP contribution in [0.25, 0.3) is 0 Å². The van der Waals surface area contributed by atoms with Gasteiger partial charge in [0.1, 0.15) is 19.3 Å². The van der Waals surface area contributed by atoms with Crippen molar-refractivity contribution in [2.45, 2.75) is 71.9 Å². The van der Waals surface area contributed by atoms with E-state index in [1.54, 1.807) is 30.3 Å². The van der Waals surface area contributed by atoms with Crippen molar-refractivity contribution in [1.82, 2.24) is 10.9 Å². The molecule has 0 unspecified atom stereocenters. The molecule has 6 atom stereocenters. The second-order valence-electron chi connectivity index (χ2n) is 11.9. The van der Waals surface area contributed by atoms with Crippen molar-refractivity contribution in [3.8, 4) is 0 Å². The Morgan fingerprint density at radius 1 is 1.15 bits per heavy atom. The number of amides is 1. The van der Waals surface area contributed by atoms with Crippen molar-refractivity contribution in [3.05, 3.63) is 58.7 Å². The van der Waals surface area contributed by atoms with Crippen LogP contribution in [0, 0.1) is 22.7 Å². The summed E-state index contributed by atoms with van der Waals surface area (Å²) in [6.07, 6.45) is 4.72. The van der Waals surface area contributed by atoms with Gasteiger partial charge in [0.15, 0.2) is 0 Å². The number of esters is 3. The molecule has 10 heteroatoms. The molecule has 1 aromatic carbocycles. The van der Waals surface area contributed by atoms with E-state index in [4.69, 9.17) is 25.8 Å². The molecule has 41 heavy (non-hydrogen) atoms. The minimum absolute atomic E-state index is 0.0387. The SMILES string of the molecule is C=C1CC[C@@H]2[C@](C)(COC(C)=O)[C@H](OC(C)=O)CC[C@@]2(C)[C@@H]1C[C@H](NNC(=O)c1ccc(Cl)cc1)C1=CCOC1=O. The maximum atomic E-state index is 12.9. The Labute approximate surface area is 246 Å². The van der Waals surface area contributed by atoms with Crippen LogP contribution in [0.3, 0.4) is 0 Å². The summed E-state index contributed by atoms with van der Waals surface area (Å²) in [6.45, 7) is 11.8. The lowest BCUT2D eigenvalue weighted by Gasteiger charge is -2.60. The molecule has 0 bridgehead atoms. The van der Waals surface area contributed by atoms with Gasteiger partial charge in [-0.1, -0.05) is 37.6 Å². The minimum Gasteiger partial charge on any atom is -0.465 e. The maximum Gasteiger partial charge on any atom is 0.335 e. The van der Waals surface area contributed by atoms with Gasteiger partial charge in [-0.2, -0.15) is 0 Å². The monoisotopic (exact) mass is 586 g/mol. The van der Waals surface area contributed by atoms with Crippen LogP contribution in [0.2, 0.25) is 5.02 Å². The molecule has 0 radical (unpaired) electrons. The Hall–Kier alpha value is -3.17. The Balaban J connectivity index is 1.61. The summed E-state index contributed by atoms with van der Waals surface area (Å²) in [4.78, 5) is 49.4. The van der Waals surface area contributed by atoms with Gasteiger partial charge in [0.05, 0.1) is 11.6 Å². The first-order valence-electron chi connectivity index (χ1n) is 14.0. The fourth-order valence-electron chi connectivity index (χ4n) is 7.23. The fourth-order valence-corrected chi connectivity index (χ4v) is 7.36. The molecule has 9 nitrogen and oxygen atoms in total. The highest BCUT2D eigenvalue weighted by molar-refractivity contribution is 6.30. The van der Waals surface area contributed by atoms with E-state index in [1.165, 1.54) is 13.8 Å². The van der Waals surface area contributed by atoms with Crippen molar-refractivity contribution >= 4 is 35.4 Å². The van der Waals surface area contributed by atoms with E-state index in [1.807, 2.05) is 6.92 Å². The first-order valence-corrected chi connectivity index (χ1v) is 14.4. The van der Waals surface area contributed by atoms with Crippen molar-refractivity contribution < 1.29 is 33.4 Å². The van der Waals surface area contributed by atoms with Gasteiger partial charge in [0.2, 0.25) is 0 Å². The van der Waals surface area contributed by atoms with Gasteiger partial charge in [-0.3, -0.25) is 19.8 Å². The number of hydrogen-bond acceptors (Lipinski definition) is 8. The van der Waals surface area contributed by atoms with Crippen LogP contribution in [0.4, 0.5) is 0 Å². The van der Waals surface area contributed by atoms with Crippen molar-refractivity contribution in [2.24, 2.45) is 22.7 Å². The highest BCUT2D eigenvalue weighted by Gasteiger charge is 2.60. The molecule has 3 aliphatic rings.